The molecule has 0 amide bonds. The number of thioether (sulfide) groups is 1. The molecular formula is C11H18O4S. The van der Waals surface area contributed by atoms with Crippen molar-refractivity contribution in [2.45, 2.75) is 32.1 Å². The highest BCUT2D eigenvalue weighted by Gasteiger charge is 2.44. The lowest BCUT2D eigenvalue weighted by Gasteiger charge is -2.12. The minimum absolute atomic E-state index is 0.136. The van der Waals surface area contributed by atoms with E-state index < -0.39 is 5.97 Å². The highest BCUT2D eigenvalue weighted by Crippen LogP contribution is 2.51. The smallest absolute Gasteiger partial charge is 0.306 e. The van der Waals surface area contributed by atoms with Gasteiger partial charge < -0.3 is 9.84 Å². The molecule has 1 rings (SSSR count). The predicted molar refractivity (Wildman–Crippen MR) is 62.5 cm³/mol. The van der Waals surface area contributed by atoms with Crippen LogP contribution in [0, 0.1) is 5.41 Å². The number of ether oxygens (including phenoxy) is 1. The Hall–Kier alpha value is -0.710. The maximum atomic E-state index is 11.1. The Labute approximate surface area is 99.7 Å². The minimum Gasteiger partial charge on any atom is -0.481 e. The Morgan fingerprint density at radius 3 is 2.62 bits per heavy atom. The van der Waals surface area contributed by atoms with Gasteiger partial charge in [0.15, 0.2) is 0 Å². The molecule has 0 aromatic rings. The van der Waals surface area contributed by atoms with E-state index in [0.717, 1.165) is 24.3 Å². The lowest BCUT2D eigenvalue weighted by Crippen LogP contribution is -2.13. The van der Waals surface area contributed by atoms with Gasteiger partial charge in [-0.3, -0.25) is 9.59 Å². The van der Waals surface area contributed by atoms with E-state index in [0.29, 0.717) is 12.8 Å². The Morgan fingerprint density at radius 1 is 1.44 bits per heavy atom. The summed E-state index contributed by atoms with van der Waals surface area (Å²) in [6.07, 6.45) is 3.63. The van der Waals surface area contributed by atoms with Crippen LogP contribution in [0.25, 0.3) is 0 Å². The number of hydrogen-bond donors (Lipinski definition) is 1. The maximum Gasteiger partial charge on any atom is 0.306 e. The van der Waals surface area contributed by atoms with Gasteiger partial charge in [0.2, 0.25) is 0 Å². The number of methoxy groups -OCH3 is 1. The van der Waals surface area contributed by atoms with Gasteiger partial charge in [0.25, 0.3) is 0 Å². The van der Waals surface area contributed by atoms with E-state index in [-0.39, 0.29) is 17.8 Å². The van der Waals surface area contributed by atoms with Crippen LogP contribution in [-0.2, 0) is 14.3 Å². The lowest BCUT2D eigenvalue weighted by molar-refractivity contribution is -0.142. The Balaban J connectivity index is 2.08. The summed E-state index contributed by atoms with van der Waals surface area (Å²) in [7, 11) is 1.42. The van der Waals surface area contributed by atoms with Gasteiger partial charge in [0, 0.05) is 6.42 Å². The zero-order valence-electron chi connectivity index (χ0n) is 9.53. The molecule has 1 aliphatic rings. The molecule has 0 unspecified atom stereocenters. The molecule has 0 spiro atoms. The summed E-state index contributed by atoms with van der Waals surface area (Å²) >= 11 is 1.75. The Morgan fingerprint density at radius 2 is 2.12 bits per heavy atom. The fourth-order valence-corrected chi connectivity index (χ4v) is 2.86. The molecule has 0 bridgehead atoms. The van der Waals surface area contributed by atoms with Crippen molar-refractivity contribution in [3.63, 3.8) is 0 Å². The molecule has 0 atom stereocenters. The molecule has 0 aromatic carbocycles. The van der Waals surface area contributed by atoms with E-state index in [4.69, 9.17) is 5.11 Å². The molecule has 4 nitrogen and oxygen atoms in total. The normalized spacial score (nSPS) is 16.8. The quantitative estimate of drug-likeness (QED) is 0.523. The summed E-state index contributed by atoms with van der Waals surface area (Å²) in [4.78, 5) is 21.4. The molecule has 0 aliphatic heterocycles. The molecule has 0 saturated heterocycles. The first-order valence-electron chi connectivity index (χ1n) is 5.44. The van der Waals surface area contributed by atoms with Gasteiger partial charge in [0.05, 0.1) is 13.5 Å². The molecule has 5 heteroatoms. The molecule has 0 heterocycles. The van der Waals surface area contributed by atoms with Gasteiger partial charge >= 0.3 is 11.9 Å². The van der Waals surface area contributed by atoms with Crippen molar-refractivity contribution in [3.05, 3.63) is 0 Å². The topological polar surface area (TPSA) is 63.6 Å². The number of carboxylic acids is 1. The van der Waals surface area contributed by atoms with E-state index in [1.807, 2.05) is 0 Å². The number of hydrogen-bond acceptors (Lipinski definition) is 4. The minimum atomic E-state index is -0.740. The molecule has 92 valence electrons. The first-order valence-corrected chi connectivity index (χ1v) is 6.60. The number of aliphatic carboxylic acids is 1. The third-order valence-electron chi connectivity index (χ3n) is 2.79. The van der Waals surface area contributed by atoms with Crippen molar-refractivity contribution < 1.29 is 19.4 Å². The van der Waals surface area contributed by atoms with Crippen LogP contribution in [0.2, 0.25) is 0 Å². The fourth-order valence-electron chi connectivity index (χ4n) is 1.54. The van der Waals surface area contributed by atoms with Crippen molar-refractivity contribution in [2.24, 2.45) is 5.41 Å². The van der Waals surface area contributed by atoms with E-state index >= 15 is 0 Å². The largest absolute Gasteiger partial charge is 0.481 e. The van der Waals surface area contributed by atoms with Gasteiger partial charge in [-0.15, -0.1) is 0 Å². The average Bonchev–Trinajstić information content (AvgIpc) is 2.97. The molecule has 1 fully saturated rings. The predicted octanol–water partition coefficient (Wildman–Crippen LogP) is 1.93. The number of esters is 1. The van der Waals surface area contributed by atoms with Crippen LogP contribution >= 0.6 is 11.8 Å². The van der Waals surface area contributed by atoms with Crippen LogP contribution in [0.5, 0.6) is 0 Å². The summed E-state index contributed by atoms with van der Waals surface area (Å²) in [6.45, 7) is 0. The van der Waals surface area contributed by atoms with E-state index in [2.05, 4.69) is 4.74 Å². The Bertz CT molecular complexity index is 261. The summed E-state index contributed by atoms with van der Waals surface area (Å²) in [6, 6.07) is 0. The molecule has 1 saturated carbocycles. The van der Waals surface area contributed by atoms with Gasteiger partial charge in [0.1, 0.15) is 0 Å². The van der Waals surface area contributed by atoms with E-state index in [1.165, 1.54) is 7.11 Å². The Kier molecular flexibility index (Phi) is 5.12. The molecule has 16 heavy (non-hydrogen) atoms. The first-order chi connectivity index (χ1) is 7.58. The number of carbonyl (C=O) groups is 2. The fraction of sp³-hybridized carbons (Fsp3) is 0.818. The highest BCUT2D eigenvalue weighted by molar-refractivity contribution is 7.99. The van der Waals surface area contributed by atoms with Crippen LogP contribution in [0.3, 0.4) is 0 Å². The summed E-state index contributed by atoms with van der Waals surface area (Å²) < 4.78 is 4.66. The summed E-state index contributed by atoms with van der Waals surface area (Å²) in [5.41, 5.74) is 0.154. The van der Waals surface area contributed by atoms with Crippen molar-refractivity contribution in [3.8, 4) is 0 Å². The number of carbonyl (C=O) groups excluding carboxylic acids is 1. The molecule has 1 N–H and O–H groups in total. The van der Waals surface area contributed by atoms with E-state index in [9.17, 15) is 9.59 Å². The lowest BCUT2D eigenvalue weighted by atomic mass is 10.1. The highest BCUT2D eigenvalue weighted by atomic mass is 32.2. The maximum absolute atomic E-state index is 11.1. The summed E-state index contributed by atoms with van der Waals surface area (Å²) in [5, 5.41) is 8.47. The van der Waals surface area contributed by atoms with Gasteiger partial charge in [-0.25, -0.2) is 0 Å². The average molecular weight is 246 g/mol. The second kappa shape index (κ2) is 6.13. The number of carboxylic acid groups (broad SMARTS) is 1. The van der Waals surface area contributed by atoms with Crippen LogP contribution in [0.1, 0.15) is 32.1 Å². The SMILES string of the molecule is COC(=O)CC1(CSCCCC(=O)O)CC1. The molecule has 1 aliphatic carbocycles. The van der Waals surface area contributed by atoms with Gasteiger partial charge in [-0.2, -0.15) is 11.8 Å². The van der Waals surface area contributed by atoms with Crippen LogP contribution < -0.4 is 0 Å². The first kappa shape index (κ1) is 13.4. The second-order valence-electron chi connectivity index (χ2n) is 4.30. The van der Waals surface area contributed by atoms with Crippen LogP contribution in [0.4, 0.5) is 0 Å². The third-order valence-corrected chi connectivity index (χ3v) is 4.19. The zero-order valence-corrected chi connectivity index (χ0v) is 10.3. The third kappa shape index (κ3) is 4.88. The van der Waals surface area contributed by atoms with Crippen molar-refractivity contribution in [1.29, 1.82) is 0 Å². The monoisotopic (exact) mass is 246 g/mol. The van der Waals surface area contributed by atoms with Crippen LogP contribution in [-0.4, -0.2) is 35.7 Å². The number of rotatable bonds is 8. The zero-order chi connectivity index (χ0) is 12.0. The van der Waals surface area contributed by atoms with Crippen molar-refractivity contribution in [2.75, 3.05) is 18.6 Å². The standard InChI is InChI=1S/C11H18O4S/c1-15-10(14)7-11(4-5-11)8-16-6-2-3-9(12)13/h2-8H2,1H3,(H,12,13). The van der Waals surface area contributed by atoms with Crippen LogP contribution in [0.15, 0.2) is 0 Å². The van der Waals surface area contributed by atoms with Gasteiger partial charge in [-0.05, 0) is 36.2 Å². The van der Waals surface area contributed by atoms with Gasteiger partial charge in [-0.1, -0.05) is 0 Å². The van der Waals surface area contributed by atoms with Crippen molar-refractivity contribution in [1.82, 2.24) is 0 Å². The molecule has 0 aromatic heterocycles. The second-order valence-corrected chi connectivity index (χ2v) is 5.41. The molecular weight excluding hydrogens is 228 g/mol. The van der Waals surface area contributed by atoms with Crippen molar-refractivity contribution >= 4 is 23.7 Å². The van der Waals surface area contributed by atoms with E-state index in [1.54, 1.807) is 11.8 Å². The molecule has 0 radical (unpaired) electrons. The summed E-state index contributed by atoms with van der Waals surface area (Å²) in [5.74, 6) is 0.927.